The summed E-state index contributed by atoms with van der Waals surface area (Å²) in [4.78, 5) is 12.2. The van der Waals surface area contributed by atoms with E-state index in [4.69, 9.17) is 9.26 Å². The molecule has 2 heterocycles. The Morgan fingerprint density at radius 1 is 1.36 bits per heavy atom. The number of hydrogen-bond acceptors (Lipinski definition) is 7. The monoisotopic (exact) mass is 307 g/mol. The Kier molecular flexibility index (Phi) is 4.45. The third-order valence-corrected chi connectivity index (χ3v) is 3.73. The number of ether oxygens (including phenoxy) is 1. The summed E-state index contributed by atoms with van der Waals surface area (Å²) >= 11 is 0. The molecule has 8 heteroatoms. The first kappa shape index (κ1) is 14.7. The average molecular weight is 307 g/mol. The molecule has 0 aliphatic heterocycles. The van der Waals surface area contributed by atoms with Crippen LogP contribution in [0.2, 0.25) is 0 Å². The zero-order valence-corrected chi connectivity index (χ0v) is 12.4. The maximum absolute atomic E-state index is 13.2. The number of nitrogens with one attached hydrogen (secondary N) is 1. The fraction of sp³-hybridized carbons (Fsp3) is 0.571. The van der Waals surface area contributed by atoms with E-state index in [1.807, 2.05) is 0 Å². The van der Waals surface area contributed by atoms with Gasteiger partial charge in [0.05, 0.1) is 13.3 Å². The van der Waals surface area contributed by atoms with Gasteiger partial charge in [-0.2, -0.15) is 14.4 Å². The minimum atomic E-state index is -0.590. The minimum absolute atomic E-state index is 0.0828. The van der Waals surface area contributed by atoms with Gasteiger partial charge in [-0.3, -0.25) is 0 Å². The summed E-state index contributed by atoms with van der Waals surface area (Å²) in [6.45, 7) is 0.526. The normalized spacial score (nSPS) is 15.2. The standard InChI is InChI=1S/C14H18FN5O2/c1-21-13-10(15)8-17-14(19-13)16-7-6-11-18-12(22-20-11)9-4-2-3-5-9/h8-9H,2-7H2,1H3,(H,16,17,19). The summed E-state index contributed by atoms with van der Waals surface area (Å²) in [5.41, 5.74) is 0. The summed E-state index contributed by atoms with van der Waals surface area (Å²) in [6, 6.07) is 0. The van der Waals surface area contributed by atoms with Crippen LogP contribution in [-0.4, -0.2) is 33.8 Å². The van der Waals surface area contributed by atoms with Crippen LogP contribution in [0.5, 0.6) is 5.88 Å². The van der Waals surface area contributed by atoms with Crippen LogP contribution >= 0.6 is 0 Å². The van der Waals surface area contributed by atoms with Crippen molar-refractivity contribution in [2.75, 3.05) is 19.0 Å². The van der Waals surface area contributed by atoms with E-state index in [1.54, 1.807) is 0 Å². The van der Waals surface area contributed by atoms with Crippen molar-refractivity contribution >= 4 is 5.95 Å². The second kappa shape index (κ2) is 6.67. The Bertz CT molecular complexity index is 627. The Balaban J connectivity index is 1.52. The van der Waals surface area contributed by atoms with E-state index in [-0.39, 0.29) is 5.88 Å². The molecule has 1 aliphatic rings. The molecule has 1 saturated carbocycles. The van der Waals surface area contributed by atoms with Crippen molar-refractivity contribution in [3.63, 3.8) is 0 Å². The lowest BCUT2D eigenvalue weighted by Gasteiger charge is -2.05. The van der Waals surface area contributed by atoms with E-state index in [0.717, 1.165) is 24.9 Å². The zero-order valence-electron chi connectivity index (χ0n) is 12.4. The number of nitrogens with zero attached hydrogens (tertiary/aromatic N) is 4. The maximum Gasteiger partial charge on any atom is 0.255 e. The quantitative estimate of drug-likeness (QED) is 0.876. The smallest absolute Gasteiger partial charge is 0.255 e. The van der Waals surface area contributed by atoms with Gasteiger partial charge in [0.15, 0.2) is 5.82 Å². The molecule has 0 aromatic carbocycles. The Labute approximate surface area is 127 Å². The topological polar surface area (TPSA) is 86.0 Å². The number of rotatable bonds is 6. The van der Waals surface area contributed by atoms with Gasteiger partial charge in [0.25, 0.3) is 5.88 Å². The molecular weight excluding hydrogens is 289 g/mol. The molecule has 0 spiro atoms. The molecule has 1 fully saturated rings. The van der Waals surface area contributed by atoms with Gasteiger partial charge < -0.3 is 14.6 Å². The predicted octanol–water partition coefficient (Wildman–Crippen LogP) is 2.32. The highest BCUT2D eigenvalue weighted by Gasteiger charge is 2.22. The molecule has 7 nitrogen and oxygen atoms in total. The van der Waals surface area contributed by atoms with Crippen molar-refractivity contribution in [3.8, 4) is 5.88 Å². The van der Waals surface area contributed by atoms with E-state index < -0.39 is 5.82 Å². The van der Waals surface area contributed by atoms with Crippen molar-refractivity contribution in [1.82, 2.24) is 20.1 Å². The predicted molar refractivity (Wildman–Crippen MR) is 76.2 cm³/mol. The number of halogens is 1. The first-order chi connectivity index (χ1) is 10.8. The highest BCUT2D eigenvalue weighted by atomic mass is 19.1. The highest BCUT2D eigenvalue weighted by Crippen LogP contribution is 2.32. The van der Waals surface area contributed by atoms with Gasteiger partial charge >= 0.3 is 0 Å². The van der Waals surface area contributed by atoms with Gasteiger partial charge in [-0.15, -0.1) is 0 Å². The largest absolute Gasteiger partial charge is 0.479 e. The lowest BCUT2D eigenvalue weighted by molar-refractivity contribution is 0.350. The molecule has 0 amide bonds. The number of anilines is 1. The van der Waals surface area contributed by atoms with Crippen molar-refractivity contribution < 1.29 is 13.7 Å². The number of aromatic nitrogens is 4. The minimum Gasteiger partial charge on any atom is -0.479 e. The molecular formula is C14H18FN5O2. The lowest BCUT2D eigenvalue weighted by Crippen LogP contribution is -2.10. The van der Waals surface area contributed by atoms with Crippen molar-refractivity contribution in [2.45, 2.75) is 38.0 Å². The van der Waals surface area contributed by atoms with Crippen molar-refractivity contribution in [2.24, 2.45) is 0 Å². The van der Waals surface area contributed by atoms with Crippen LogP contribution < -0.4 is 10.1 Å². The third-order valence-electron chi connectivity index (χ3n) is 3.73. The van der Waals surface area contributed by atoms with E-state index >= 15 is 0 Å². The van der Waals surface area contributed by atoms with Gasteiger partial charge in [-0.05, 0) is 12.8 Å². The number of methoxy groups -OCH3 is 1. The molecule has 2 aromatic heterocycles. The van der Waals surface area contributed by atoms with Crippen molar-refractivity contribution in [1.29, 1.82) is 0 Å². The second-order valence-electron chi connectivity index (χ2n) is 5.26. The summed E-state index contributed by atoms with van der Waals surface area (Å²) in [5, 5.41) is 6.97. The lowest BCUT2D eigenvalue weighted by atomic mass is 10.1. The number of hydrogen-bond donors (Lipinski definition) is 1. The molecule has 1 N–H and O–H groups in total. The first-order valence-electron chi connectivity index (χ1n) is 7.39. The van der Waals surface area contributed by atoms with E-state index in [9.17, 15) is 4.39 Å². The molecule has 0 saturated heterocycles. The summed E-state index contributed by atoms with van der Waals surface area (Å²) in [5.74, 6) is 1.44. The molecule has 1 aliphatic carbocycles. The van der Waals surface area contributed by atoms with Crippen LogP contribution in [0.4, 0.5) is 10.3 Å². The Morgan fingerprint density at radius 3 is 2.95 bits per heavy atom. The zero-order chi connectivity index (χ0) is 15.4. The fourth-order valence-electron chi connectivity index (χ4n) is 2.57. The van der Waals surface area contributed by atoms with Gasteiger partial charge in [-0.25, -0.2) is 4.98 Å². The van der Waals surface area contributed by atoms with Crippen LogP contribution in [0.3, 0.4) is 0 Å². The third kappa shape index (κ3) is 3.32. The van der Waals surface area contributed by atoms with E-state index in [2.05, 4.69) is 25.4 Å². The molecule has 3 rings (SSSR count). The van der Waals surface area contributed by atoms with Crippen LogP contribution in [-0.2, 0) is 6.42 Å². The molecule has 0 bridgehead atoms. The highest BCUT2D eigenvalue weighted by molar-refractivity contribution is 5.28. The van der Waals surface area contributed by atoms with Crippen LogP contribution in [0.25, 0.3) is 0 Å². The molecule has 0 unspecified atom stereocenters. The molecule has 0 radical (unpaired) electrons. The summed E-state index contributed by atoms with van der Waals surface area (Å²) in [7, 11) is 1.36. The van der Waals surface area contributed by atoms with Crippen LogP contribution in [0.15, 0.2) is 10.7 Å². The van der Waals surface area contributed by atoms with Crippen LogP contribution in [0, 0.1) is 5.82 Å². The van der Waals surface area contributed by atoms with Gasteiger partial charge in [-0.1, -0.05) is 18.0 Å². The maximum atomic E-state index is 13.2. The SMILES string of the molecule is COc1nc(NCCc2noc(C3CCCC3)n2)ncc1F. The molecule has 2 aromatic rings. The van der Waals surface area contributed by atoms with E-state index in [0.29, 0.717) is 30.7 Å². The summed E-state index contributed by atoms with van der Waals surface area (Å²) < 4.78 is 23.3. The Morgan fingerprint density at radius 2 is 2.18 bits per heavy atom. The van der Waals surface area contributed by atoms with Crippen LogP contribution in [0.1, 0.15) is 43.3 Å². The second-order valence-corrected chi connectivity index (χ2v) is 5.26. The summed E-state index contributed by atoms with van der Waals surface area (Å²) in [6.07, 6.45) is 6.37. The van der Waals surface area contributed by atoms with Gasteiger partial charge in [0.1, 0.15) is 0 Å². The van der Waals surface area contributed by atoms with E-state index in [1.165, 1.54) is 20.0 Å². The molecule has 22 heavy (non-hydrogen) atoms. The van der Waals surface area contributed by atoms with Gasteiger partial charge in [0.2, 0.25) is 17.7 Å². The average Bonchev–Trinajstić information content (AvgIpc) is 3.19. The molecule has 118 valence electrons. The first-order valence-corrected chi connectivity index (χ1v) is 7.39. The molecule has 0 atom stereocenters. The van der Waals surface area contributed by atoms with Crippen molar-refractivity contribution in [3.05, 3.63) is 23.7 Å². The fourth-order valence-corrected chi connectivity index (χ4v) is 2.57. The Hall–Kier alpha value is -2.25. The van der Waals surface area contributed by atoms with Gasteiger partial charge in [0, 0.05) is 18.9 Å².